The average molecular weight is 578 g/mol. The molecule has 0 saturated heterocycles. The fourth-order valence-electron chi connectivity index (χ4n) is 4.06. The number of hydrogen-bond acceptors (Lipinski definition) is 6. The predicted octanol–water partition coefficient (Wildman–Crippen LogP) is 6.00. The van der Waals surface area contributed by atoms with Crippen LogP contribution in [-0.2, 0) is 4.79 Å². The second-order valence-corrected chi connectivity index (χ2v) is 10.1. The molecule has 38 heavy (non-hydrogen) atoms. The van der Waals surface area contributed by atoms with Crippen LogP contribution in [0, 0.1) is 6.92 Å². The summed E-state index contributed by atoms with van der Waals surface area (Å²) in [6.07, 6.45) is 0.401. The summed E-state index contributed by atoms with van der Waals surface area (Å²) < 4.78 is 13.2. The summed E-state index contributed by atoms with van der Waals surface area (Å²) in [4.78, 5) is 29.9. The minimum atomic E-state index is -1.09. The minimum absolute atomic E-state index is 0.172. The number of aryl methyl sites for hydroxylation is 1. The minimum Gasteiger partial charge on any atom is -0.496 e. The van der Waals surface area contributed by atoms with Gasteiger partial charge < -0.3 is 14.6 Å². The van der Waals surface area contributed by atoms with E-state index < -0.39 is 12.1 Å². The maximum Gasteiger partial charge on any atom is 0.344 e. The van der Waals surface area contributed by atoms with Crippen LogP contribution in [0.25, 0.3) is 22.3 Å². The number of carbonyl (C=O) groups is 1. The molecule has 4 rings (SSSR count). The molecule has 0 aliphatic rings. The largest absolute Gasteiger partial charge is 0.496 e. The lowest BCUT2D eigenvalue weighted by Gasteiger charge is -2.17. The number of carboxylic acids is 1. The van der Waals surface area contributed by atoms with Crippen molar-refractivity contribution in [3.63, 3.8) is 0 Å². The molecule has 8 nitrogen and oxygen atoms in total. The van der Waals surface area contributed by atoms with E-state index in [9.17, 15) is 14.7 Å². The second-order valence-electron chi connectivity index (χ2n) is 9.16. The summed E-state index contributed by atoms with van der Waals surface area (Å²) in [6, 6.07) is 16.2. The Balaban J connectivity index is 1.95. The molecule has 0 saturated carbocycles. The normalized spacial score (nSPS) is 12.3. The third-order valence-electron chi connectivity index (χ3n) is 6.13. The van der Waals surface area contributed by atoms with Gasteiger partial charge in [-0.1, -0.05) is 41.9 Å². The number of methoxy groups -OCH3 is 1. The number of halogens is 1. The van der Waals surface area contributed by atoms with Crippen LogP contribution < -0.4 is 15.0 Å². The third kappa shape index (κ3) is 5.47. The Morgan fingerprint density at radius 1 is 1.11 bits per heavy atom. The smallest absolute Gasteiger partial charge is 0.344 e. The standard InChI is InChI=1S/C29H28BrN3O5/c1-16(2)22-14-23(17(3)12-26(22)37-5)27-32-24-9-7-6-8-21(24)28(34)33(27)31-15-19-13-20(30)10-11-25(19)38-18(4)29(35)36/h6-16,18H,1-5H3,(H,35,36)/t18-/m0/s1. The molecule has 9 heteroatoms. The van der Waals surface area contributed by atoms with Gasteiger partial charge in [0.1, 0.15) is 11.5 Å². The lowest BCUT2D eigenvalue weighted by atomic mass is 9.96. The highest BCUT2D eigenvalue weighted by molar-refractivity contribution is 9.10. The van der Waals surface area contributed by atoms with Crippen LogP contribution in [0.3, 0.4) is 0 Å². The van der Waals surface area contributed by atoms with Crippen LogP contribution in [0.4, 0.5) is 0 Å². The lowest BCUT2D eigenvalue weighted by Crippen LogP contribution is -2.23. The van der Waals surface area contributed by atoms with Crippen molar-refractivity contribution in [2.24, 2.45) is 5.10 Å². The fourth-order valence-corrected chi connectivity index (χ4v) is 4.44. The van der Waals surface area contributed by atoms with Gasteiger partial charge in [0, 0.05) is 15.6 Å². The van der Waals surface area contributed by atoms with Crippen LogP contribution in [-0.4, -0.2) is 40.2 Å². The van der Waals surface area contributed by atoms with Gasteiger partial charge in [0.05, 0.1) is 24.2 Å². The molecule has 0 bridgehead atoms. The van der Waals surface area contributed by atoms with Crippen molar-refractivity contribution in [2.75, 3.05) is 7.11 Å². The Kier molecular flexibility index (Phi) is 7.97. The molecule has 0 aliphatic heterocycles. The van der Waals surface area contributed by atoms with Gasteiger partial charge in [-0.2, -0.15) is 9.78 Å². The monoisotopic (exact) mass is 577 g/mol. The molecular formula is C29H28BrN3O5. The number of aliphatic carboxylic acids is 1. The highest BCUT2D eigenvalue weighted by Gasteiger charge is 2.19. The first kappa shape index (κ1) is 27.1. The average Bonchev–Trinajstić information content (AvgIpc) is 2.89. The van der Waals surface area contributed by atoms with E-state index >= 15 is 0 Å². The van der Waals surface area contributed by atoms with Gasteiger partial charge in [-0.3, -0.25) is 4.79 Å². The van der Waals surface area contributed by atoms with Crippen molar-refractivity contribution in [2.45, 2.75) is 39.7 Å². The molecule has 196 valence electrons. The number of para-hydroxylation sites is 1. The molecular weight excluding hydrogens is 550 g/mol. The Morgan fingerprint density at radius 3 is 2.53 bits per heavy atom. The van der Waals surface area contributed by atoms with Crippen LogP contribution in [0.15, 0.2) is 69.0 Å². The molecule has 0 fully saturated rings. The van der Waals surface area contributed by atoms with Crippen LogP contribution in [0.1, 0.15) is 43.4 Å². The van der Waals surface area contributed by atoms with Gasteiger partial charge in [-0.25, -0.2) is 9.78 Å². The molecule has 0 unspecified atom stereocenters. The zero-order valence-electron chi connectivity index (χ0n) is 21.7. The molecule has 1 heterocycles. The number of nitrogens with zero attached hydrogens (tertiary/aromatic N) is 3. The quantitative estimate of drug-likeness (QED) is 0.257. The van der Waals surface area contributed by atoms with Crippen molar-refractivity contribution in [1.82, 2.24) is 9.66 Å². The number of benzene rings is 3. The van der Waals surface area contributed by atoms with Crippen molar-refractivity contribution in [3.05, 3.63) is 86.1 Å². The summed E-state index contributed by atoms with van der Waals surface area (Å²) >= 11 is 3.43. The van der Waals surface area contributed by atoms with Crippen LogP contribution in [0.5, 0.6) is 11.5 Å². The molecule has 4 aromatic rings. The van der Waals surface area contributed by atoms with Gasteiger partial charge in [-0.15, -0.1) is 0 Å². The zero-order valence-corrected chi connectivity index (χ0v) is 23.3. The van der Waals surface area contributed by atoms with Crippen molar-refractivity contribution in [3.8, 4) is 22.9 Å². The SMILES string of the molecule is COc1cc(C)c(-c2nc3ccccc3c(=O)n2N=Cc2cc(Br)ccc2O[C@@H](C)C(=O)O)cc1C(C)C. The maximum atomic E-state index is 13.7. The Labute approximate surface area is 228 Å². The summed E-state index contributed by atoms with van der Waals surface area (Å²) in [6.45, 7) is 7.52. The predicted molar refractivity (Wildman–Crippen MR) is 152 cm³/mol. The second kappa shape index (κ2) is 11.2. The molecule has 1 aromatic heterocycles. The lowest BCUT2D eigenvalue weighted by molar-refractivity contribution is -0.144. The van der Waals surface area contributed by atoms with Gasteiger partial charge in [0.15, 0.2) is 11.9 Å². The molecule has 0 amide bonds. The van der Waals surface area contributed by atoms with Gasteiger partial charge >= 0.3 is 5.97 Å². The summed E-state index contributed by atoms with van der Waals surface area (Å²) in [5.74, 6) is 0.541. The summed E-state index contributed by atoms with van der Waals surface area (Å²) in [7, 11) is 1.64. The first-order valence-electron chi connectivity index (χ1n) is 12.0. The topological polar surface area (TPSA) is 103 Å². The number of aromatic nitrogens is 2. The van der Waals surface area contributed by atoms with Crippen molar-refractivity contribution in [1.29, 1.82) is 0 Å². The summed E-state index contributed by atoms with van der Waals surface area (Å²) in [5.41, 5.74) is 3.32. The first-order valence-corrected chi connectivity index (χ1v) is 12.8. The molecule has 1 N–H and O–H groups in total. The van der Waals surface area contributed by atoms with Gasteiger partial charge in [0.2, 0.25) is 0 Å². The van der Waals surface area contributed by atoms with E-state index in [1.807, 2.05) is 25.1 Å². The maximum absolute atomic E-state index is 13.7. The van der Waals surface area contributed by atoms with E-state index in [1.165, 1.54) is 17.8 Å². The van der Waals surface area contributed by atoms with E-state index in [0.717, 1.165) is 26.9 Å². The number of hydrogen-bond donors (Lipinski definition) is 1. The van der Waals surface area contributed by atoms with Gasteiger partial charge in [-0.05, 0) is 73.4 Å². The highest BCUT2D eigenvalue weighted by atomic mass is 79.9. The van der Waals surface area contributed by atoms with E-state index in [-0.39, 0.29) is 11.5 Å². The molecule has 3 aromatic carbocycles. The first-order chi connectivity index (χ1) is 18.1. The number of fused-ring (bicyclic) bond motifs is 1. The Morgan fingerprint density at radius 2 is 1.84 bits per heavy atom. The Bertz CT molecular complexity index is 1610. The molecule has 0 radical (unpaired) electrons. The zero-order chi connectivity index (χ0) is 27.6. The number of ether oxygens (including phenoxy) is 2. The van der Waals surface area contributed by atoms with E-state index in [0.29, 0.717) is 28.0 Å². The van der Waals surface area contributed by atoms with Crippen molar-refractivity contribution >= 4 is 39.0 Å². The molecule has 0 spiro atoms. The molecule has 0 aliphatic carbocycles. The van der Waals surface area contributed by atoms with E-state index in [1.54, 1.807) is 43.5 Å². The summed E-state index contributed by atoms with van der Waals surface area (Å²) in [5, 5.41) is 14.3. The number of carboxylic acid groups (broad SMARTS) is 1. The Hall–Kier alpha value is -3.98. The molecule has 1 atom stereocenters. The number of rotatable bonds is 8. The van der Waals surface area contributed by atoms with Crippen LogP contribution >= 0.6 is 15.9 Å². The van der Waals surface area contributed by atoms with E-state index in [4.69, 9.17) is 14.5 Å². The fraction of sp³-hybridized carbons (Fsp3) is 0.241. The third-order valence-corrected chi connectivity index (χ3v) is 6.62. The highest BCUT2D eigenvalue weighted by Crippen LogP contribution is 2.34. The van der Waals surface area contributed by atoms with E-state index in [2.05, 4.69) is 34.9 Å². The van der Waals surface area contributed by atoms with Gasteiger partial charge in [0.25, 0.3) is 5.56 Å². The van der Waals surface area contributed by atoms with Crippen molar-refractivity contribution < 1.29 is 19.4 Å². The van der Waals surface area contributed by atoms with Crippen LogP contribution in [0.2, 0.25) is 0 Å².